The first kappa shape index (κ1) is 14.8. The molecule has 0 aliphatic heterocycles. The molecule has 4 nitrogen and oxygen atoms in total. The van der Waals surface area contributed by atoms with Crippen molar-refractivity contribution in [1.29, 1.82) is 0 Å². The molecule has 1 unspecified atom stereocenters. The Morgan fingerprint density at radius 3 is 2.60 bits per heavy atom. The first-order valence-electron chi connectivity index (χ1n) is 7.11. The number of nitrogens with zero attached hydrogens (tertiary/aromatic N) is 3. The molecule has 1 aromatic heterocycles. The Bertz CT molecular complexity index is 506. The van der Waals surface area contributed by atoms with E-state index in [1.54, 1.807) is 0 Å². The van der Waals surface area contributed by atoms with Crippen molar-refractivity contribution < 1.29 is 0 Å². The predicted molar refractivity (Wildman–Crippen MR) is 82.3 cm³/mol. The van der Waals surface area contributed by atoms with E-state index in [-0.39, 0.29) is 0 Å². The summed E-state index contributed by atoms with van der Waals surface area (Å²) in [6.45, 7) is 1.58. The summed E-state index contributed by atoms with van der Waals surface area (Å²) in [5.74, 6) is 0. The quantitative estimate of drug-likeness (QED) is 0.836. The normalized spacial score (nSPS) is 12.8. The molecule has 0 fully saturated rings. The van der Waals surface area contributed by atoms with Crippen molar-refractivity contribution in [2.45, 2.75) is 25.4 Å². The molecule has 4 heteroatoms. The van der Waals surface area contributed by atoms with Gasteiger partial charge in [-0.2, -0.15) is 5.10 Å². The summed E-state index contributed by atoms with van der Waals surface area (Å²) in [5, 5.41) is 4.21. The van der Waals surface area contributed by atoms with Crippen LogP contribution in [-0.4, -0.2) is 34.3 Å². The molecule has 0 saturated heterocycles. The number of rotatable bonds is 7. The number of hydrogen-bond acceptors (Lipinski definition) is 3. The molecule has 1 atom stereocenters. The van der Waals surface area contributed by atoms with E-state index in [4.69, 9.17) is 5.73 Å². The van der Waals surface area contributed by atoms with Crippen LogP contribution >= 0.6 is 0 Å². The Balaban J connectivity index is 1.87. The van der Waals surface area contributed by atoms with E-state index in [2.05, 4.69) is 53.6 Å². The molecule has 0 aliphatic carbocycles. The predicted octanol–water partition coefficient (Wildman–Crippen LogP) is 1.81. The van der Waals surface area contributed by atoms with Gasteiger partial charge in [-0.05, 0) is 25.5 Å². The zero-order valence-corrected chi connectivity index (χ0v) is 12.4. The lowest BCUT2D eigenvalue weighted by Gasteiger charge is -2.26. The van der Waals surface area contributed by atoms with Crippen LogP contribution in [0.5, 0.6) is 0 Å². The molecule has 1 aromatic carbocycles. The summed E-state index contributed by atoms with van der Waals surface area (Å²) in [4.78, 5) is 2.32. The van der Waals surface area contributed by atoms with Crippen LogP contribution in [-0.2, 0) is 20.0 Å². The van der Waals surface area contributed by atoms with Gasteiger partial charge in [-0.3, -0.25) is 9.58 Å². The Hall–Kier alpha value is -1.65. The molecular formula is C16H24N4. The van der Waals surface area contributed by atoms with E-state index in [1.165, 1.54) is 11.1 Å². The van der Waals surface area contributed by atoms with E-state index in [0.29, 0.717) is 12.6 Å². The van der Waals surface area contributed by atoms with E-state index in [1.807, 2.05) is 17.9 Å². The molecule has 108 valence electrons. The number of aromatic nitrogens is 2. The van der Waals surface area contributed by atoms with Gasteiger partial charge in [0.1, 0.15) is 0 Å². The average molecular weight is 272 g/mol. The van der Waals surface area contributed by atoms with Crippen LogP contribution in [0.2, 0.25) is 0 Å². The summed E-state index contributed by atoms with van der Waals surface area (Å²) in [7, 11) is 4.08. The van der Waals surface area contributed by atoms with Gasteiger partial charge in [0.2, 0.25) is 0 Å². The number of benzene rings is 1. The highest BCUT2D eigenvalue weighted by molar-refractivity contribution is 5.14. The molecule has 20 heavy (non-hydrogen) atoms. The summed E-state index contributed by atoms with van der Waals surface area (Å²) in [6.07, 6.45) is 6.12. The van der Waals surface area contributed by atoms with E-state index in [0.717, 1.165) is 19.4 Å². The number of hydrogen-bond donors (Lipinski definition) is 1. The maximum Gasteiger partial charge on any atom is 0.0534 e. The number of likely N-dealkylation sites (N-methyl/N-ethyl adjacent to an activating group) is 1. The highest BCUT2D eigenvalue weighted by Crippen LogP contribution is 2.11. The van der Waals surface area contributed by atoms with Crippen LogP contribution in [0.3, 0.4) is 0 Å². The van der Waals surface area contributed by atoms with Crippen LogP contribution in [0.4, 0.5) is 0 Å². The molecule has 0 aliphatic rings. The number of aryl methyl sites for hydroxylation is 2. The van der Waals surface area contributed by atoms with Gasteiger partial charge >= 0.3 is 0 Å². The second-order valence-corrected chi connectivity index (χ2v) is 5.35. The Morgan fingerprint density at radius 1 is 1.25 bits per heavy atom. The van der Waals surface area contributed by atoms with Crippen molar-refractivity contribution in [3.05, 3.63) is 53.9 Å². The zero-order valence-electron chi connectivity index (χ0n) is 12.4. The van der Waals surface area contributed by atoms with E-state index in [9.17, 15) is 0 Å². The van der Waals surface area contributed by atoms with Crippen LogP contribution in [0, 0.1) is 0 Å². The van der Waals surface area contributed by atoms with Crippen molar-refractivity contribution >= 4 is 0 Å². The molecule has 0 amide bonds. The van der Waals surface area contributed by atoms with E-state index < -0.39 is 0 Å². The molecule has 0 radical (unpaired) electrons. The summed E-state index contributed by atoms with van der Waals surface area (Å²) < 4.78 is 1.84. The van der Waals surface area contributed by atoms with Crippen LogP contribution < -0.4 is 5.73 Å². The molecular weight excluding hydrogens is 248 g/mol. The first-order chi connectivity index (χ1) is 9.69. The third-order valence-corrected chi connectivity index (χ3v) is 3.69. The second-order valence-electron chi connectivity index (χ2n) is 5.35. The lowest BCUT2D eigenvalue weighted by molar-refractivity contribution is 0.227. The Morgan fingerprint density at radius 2 is 2.00 bits per heavy atom. The molecule has 2 rings (SSSR count). The highest BCUT2D eigenvalue weighted by atomic mass is 15.2. The first-order valence-corrected chi connectivity index (χ1v) is 7.11. The average Bonchev–Trinajstić information content (AvgIpc) is 2.86. The van der Waals surface area contributed by atoms with Gasteiger partial charge < -0.3 is 5.73 Å². The maximum absolute atomic E-state index is 5.93. The van der Waals surface area contributed by atoms with Crippen molar-refractivity contribution in [3.63, 3.8) is 0 Å². The Kier molecular flexibility index (Phi) is 5.32. The lowest BCUT2D eigenvalue weighted by atomic mass is 10.0. The third-order valence-electron chi connectivity index (χ3n) is 3.69. The molecule has 2 N–H and O–H groups in total. The van der Waals surface area contributed by atoms with Crippen LogP contribution in [0.25, 0.3) is 0 Å². The Labute approximate surface area is 121 Å². The monoisotopic (exact) mass is 272 g/mol. The maximum atomic E-state index is 5.93. The lowest BCUT2D eigenvalue weighted by Crippen LogP contribution is -2.37. The van der Waals surface area contributed by atoms with Crippen molar-refractivity contribution in [2.24, 2.45) is 12.8 Å². The van der Waals surface area contributed by atoms with Gasteiger partial charge in [-0.25, -0.2) is 0 Å². The minimum Gasteiger partial charge on any atom is -0.329 e. The van der Waals surface area contributed by atoms with E-state index >= 15 is 0 Å². The molecule has 0 spiro atoms. The standard InChI is InChI=1S/C16H24N4/c1-19(12-15-11-18-20(2)13-15)16(10-17)9-8-14-6-4-3-5-7-14/h3-7,11,13,16H,8-10,12,17H2,1-2H3. The topological polar surface area (TPSA) is 47.1 Å². The second kappa shape index (κ2) is 7.22. The van der Waals surface area contributed by atoms with Gasteiger partial charge in [0.15, 0.2) is 0 Å². The van der Waals surface area contributed by atoms with Crippen molar-refractivity contribution in [3.8, 4) is 0 Å². The minimum atomic E-state index is 0.399. The molecule has 1 heterocycles. The number of nitrogens with two attached hydrogens (primary N) is 1. The van der Waals surface area contributed by atoms with Crippen LogP contribution in [0.15, 0.2) is 42.7 Å². The fourth-order valence-corrected chi connectivity index (χ4v) is 2.47. The van der Waals surface area contributed by atoms with Gasteiger partial charge in [0.25, 0.3) is 0 Å². The van der Waals surface area contributed by atoms with Gasteiger partial charge in [-0.15, -0.1) is 0 Å². The van der Waals surface area contributed by atoms with Gasteiger partial charge in [0, 0.05) is 37.9 Å². The SMILES string of the molecule is CN(Cc1cnn(C)c1)C(CN)CCc1ccccc1. The smallest absolute Gasteiger partial charge is 0.0534 e. The highest BCUT2D eigenvalue weighted by Gasteiger charge is 2.14. The summed E-state index contributed by atoms with van der Waals surface area (Å²) in [6, 6.07) is 11.0. The fraction of sp³-hybridized carbons (Fsp3) is 0.438. The molecule has 0 saturated carbocycles. The summed E-state index contributed by atoms with van der Waals surface area (Å²) >= 11 is 0. The minimum absolute atomic E-state index is 0.399. The van der Waals surface area contributed by atoms with Crippen LogP contribution in [0.1, 0.15) is 17.5 Å². The van der Waals surface area contributed by atoms with Gasteiger partial charge in [0.05, 0.1) is 6.20 Å². The largest absolute Gasteiger partial charge is 0.329 e. The van der Waals surface area contributed by atoms with Crippen molar-refractivity contribution in [1.82, 2.24) is 14.7 Å². The van der Waals surface area contributed by atoms with Gasteiger partial charge in [-0.1, -0.05) is 30.3 Å². The summed E-state index contributed by atoms with van der Waals surface area (Å²) in [5.41, 5.74) is 8.54. The van der Waals surface area contributed by atoms with Crippen molar-refractivity contribution in [2.75, 3.05) is 13.6 Å². The zero-order chi connectivity index (χ0) is 14.4. The third kappa shape index (κ3) is 4.18. The fourth-order valence-electron chi connectivity index (χ4n) is 2.47. The molecule has 2 aromatic rings. The molecule has 0 bridgehead atoms.